The van der Waals surface area contributed by atoms with Crippen molar-refractivity contribution in [2.24, 2.45) is 0 Å². The Hall–Kier alpha value is -2.80. The first-order chi connectivity index (χ1) is 15.0. The highest BCUT2D eigenvalue weighted by atomic mass is 32.1. The van der Waals surface area contributed by atoms with Crippen molar-refractivity contribution in [2.75, 3.05) is 39.5 Å². The molecule has 1 aliphatic heterocycles. The Labute approximate surface area is 188 Å². The van der Waals surface area contributed by atoms with Gasteiger partial charge in [0.2, 0.25) is 0 Å². The number of hydrogen-bond donors (Lipinski definition) is 1. The lowest BCUT2D eigenvalue weighted by Crippen LogP contribution is -2.23. The van der Waals surface area contributed by atoms with Crippen LogP contribution in [-0.2, 0) is 6.54 Å². The fraction of sp³-hybridized carbons (Fsp3) is 0.280. The van der Waals surface area contributed by atoms with Crippen LogP contribution >= 0.6 is 11.3 Å². The van der Waals surface area contributed by atoms with E-state index in [1.54, 1.807) is 17.5 Å². The Balaban J connectivity index is 1.40. The zero-order valence-corrected chi connectivity index (χ0v) is 19.1. The Bertz CT molecular complexity index is 1070. The summed E-state index contributed by atoms with van der Waals surface area (Å²) in [6.45, 7) is 2.87. The zero-order valence-electron chi connectivity index (χ0n) is 18.3. The summed E-state index contributed by atoms with van der Waals surface area (Å²) in [7, 11) is 6.15. The minimum Gasteiger partial charge on any atom is -0.314 e. The molecule has 0 unspecified atom stereocenters. The van der Waals surface area contributed by atoms with Gasteiger partial charge < -0.3 is 15.1 Å². The summed E-state index contributed by atoms with van der Waals surface area (Å²) in [5.74, 6) is -0.137. The number of likely N-dealkylation sites (N-methyl/N-ethyl adjacent to an activating group) is 1. The first-order valence-electron chi connectivity index (χ1n) is 10.5. The second kappa shape index (κ2) is 9.56. The molecule has 0 fully saturated rings. The molecule has 5 nitrogen and oxygen atoms in total. The van der Waals surface area contributed by atoms with Crippen LogP contribution in [0.15, 0.2) is 60.8 Å². The first-order valence-corrected chi connectivity index (χ1v) is 11.3. The van der Waals surface area contributed by atoms with Gasteiger partial charge in [0, 0.05) is 30.7 Å². The van der Waals surface area contributed by atoms with Crippen LogP contribution < -0.4 is 5.32 Å². The summed E-state index contributed by atoms with van der Waals surface area (Å²) in [6.07, 6.45) is 5.05. The molecule has 1 aromatic carbocycles. The average Bonchev–Trinajstić information content (AvgIpc) is 3.23. The van der Waals surface area contributed by atoms with Gasteiger partial charge >= 0.3 is 0 Å². The van der Waals surface area contributed by atoms with Crippen LogP contribution in [0, 0.1) is 0 Å². The van der Waals surface area contributed by atoms with Crippen LogP contribution in [0.4, 0.5) is 5.00 Å². The molecule has 0 radical (unpaired) electrons. The second-order valence-corrected chi connectivity index (χ2v) is 9.30. The van der Waals surface area contributed by atoms with Crippen molar-refractivity contribution >= 4 is 27.8 Å². The van der Waals surface area contributed by atoms with Gasteiger partial charge in [0.25, 0.3) is 5.91 Å². The maximum Gasteiger partial charge on any atom is 0.257 e. The molecule has 2 aromatic heterocycles. The van der Waals surface area contributed by atoms with Gasteiger partial charge in [0.15, 0.2) is 0 Å². The Morgan fingerprint density at radius 3 is 2.52 bits per heavy atom. The number of amides is 1. The fourth-order valence-electron chi connectivity index (χ4n) is 3.60. The van der Waals surface area contributed by atoms with Gasteiger partial charge in [0.1, 0.15) is 0 Å². The number of rotatable bonds is 6. The minimum atomic E-state index is -0.137. The summed E-state index contributed by atoms with van der Waals surface area (Å²) in [5, 5.41) is 3.82. The highest BCUT2D eigenvalue weighted by molar-refractivity contribution is 7.19. The second-order valence-electron chi connectivity index (χ2n) is 8.21. The van der Waals surface area contributed by atoms with E-state index in [0.717, 1.165) is 47.2 Å². The number of carbonyl (C=O) groups is 1. The smallest absolute Gasteiger partial charge is 0.257 e. The number of nitrogens with one attached hydrogen (secondary N) is 1. The van der Waals surface area contributed by atoms with Crippen LogP contribution in [0.5, 0.6) is 0 Å². The monoisotopic (exact) mass is 432 g/mol. The fourth-order valence-corrected chi connectivity index (χ4v) is 4.51. The summed E-state index contributed by atoms with van der Waals surface area (Å²) in [4.78, 5) is 22.5. The highest BCUT2D eigenvalue weighted by Gasteiger charge is 2.12. The highest BCUT2D eigenvalue weighted by Crippen LogP contribution is 2.33. The zero-order chi connectivity index (χ0) is 21.8. The predicted octanol–water partition coefficient (Wildman–Crippen LogP) is 4.84. The topological polar surface area (TPSA) is 48.5 Å². The molecule has 1 amide bonds. The van der Waals surface area contributed by atoms with E-state index in [1.807, 2.05) is 37.2 Å². The molecule has 6 heteroatoms. The molecular weight excluding hydrogens is 404 g/mol. The molecule has 0 saturated heterocycles. The lowest BCUT2D eigenvalue weighted by atomic mass is 9.98. The van der Waals surface area contributed by atoms with Crippen LogP contribution in [0.25, 0.3) is 16.0 Å². The molecule has 160 valence electrons. The summed E-state index contributed by atoms with van der Waals surface area (Å²) in [6, 6.07) is 16.5. The molecule has 0 spiro atoms. The molecule has 31 heavy (non-hydrogen) atoms. The Morgan fingerprint density at radius 1 is 1.10 bits per heavy atom. The Morgan fingerprint density at radius 2 is 1.87 bits per heavy atom. The van der Waals surface area contributed by atoms with E-state index in [-0.39, 0.29) is 5.91 Å². The van der Waals surface area contributed by atoms with Crippen molar-refractivity contribution in [3.63, 3.8) is 0 Å². The van der Waals surface area contributed by atoms with E-state index in [4.69, 9.17) is 0 Å². The van der Waals surface area contributed by atoms with Crippen molar-refractivity contribution in [3.05, 3.63) is 77.6 Å². The maximum atomic E-state index is 12.6. The van der Waals surface area contributed by atoms with Crippen molar-refractivity contribution in [3.8, 4) is 10.4 Å². The predicted molar refractivity (Wildman–Crippen MR) is 129 cm³/mol. The molecule has 0 saturated carbocycles. The standard InChI is InChI=1S/C25H28N4OS/c1-28(2)17-22-9-8-21(16-26-22)25(30)27-24-11-10-23(31-24)20-6-4-18(5-7-20)19-12-14-29(3)15-13-19/h4-12,16H,13-15,17H2,1-3H3,(H,27,30). The van der Waals surface area contributed by atoms with E-state index < -0.39 is 0 Å². The van der Waals surface area contributed by atoms with E-state index in [1.165, 1.54) is 11.1 Å². The Kier molecular flexibility index (Phi) is 6.61. The molecule has 0 bridgehead atoms. The molecule has 3 aromatic rings. The first kappa shape index (κ1) is 21.4. The van der Waals surface area contributed by atoms with E-state index in [0.29, 0.717) is 5.56 Å². The third-order valence-corrected chi connectivity index (χ3v) is 6.41. The van der Waals surface area contributed by atoms with Crippen molar-refractivity contribution in [1.82, 2.24) is 14.8 Å². The van der Waals surface area contributed by atoms with E-state index >= 15 is 0 Å². The van der Waals surface area contributed by atoms with Gasteiger partial charge in [-0.3, -0.25) is 9.78 Å². The number of carbonyl (C=O) groups excluding carboxylic acids is 1. The summed E-state index contributed by atoms with van der Waals surface area (Å²) < 4.78 is 0. The quantitative estimate of drug-likeness (QED) is 0.605. The number of thiophene rings is 1. The number of anilines is 1. The molecule has 4 rings (SSSR count). The molecular formula is C25H28N4OS. The minimum absolute atomic E-state index is 0.137. The largest absolute Gasteiger partial charge is 0.314 e. The van der Waals surface area contributed by atoms with Gasteiger partial charge in [-0.1, -0.05) is 30.3 Å². The number of pyridine rings is 1. The SMILES string of the molecule is CN(C)Cc1ccc(C(=O)Nc2ccc(-c3ccc(C4=CCN(C)CC4)cc3)s2)cn1. The van der Waals surface area contributed by atoms with Crippen molar-refractivity contribution in [1.29, 1.82) is 0 Å². The van der Waals surface area contributed by atoms with Crippen molar-refractivity contribution in [2.45, 2.75) is 13.0 Å². The summed E-state index contributed by atoms with van der Waals surface area (Å²) >= 11 is 1.58. The molecule has 1 aliphatic rings. The number of benzene rings is 1. The normalized spacial score (nSPS) is 14.5. The number of hydrogen-bond acceptors (Lipinski definition) is 5. The number of nitrogens with zero attached hydrogens (tertiary/aromatic N) is 3. The van der Waals surface area contributed by atoms with E-state index in [2.05, 4.69) is 58.7 Å². The average molecular weight is 433 g/mol. The van der Waals surface area contributed by atoms with Crippen molar-refractivity contribution < 1.29 is 4.79 Å². The third kappa shape index (κ3) is 5.47. The lowest BCUT2D eigenvalue weighted by Gasteiger charge is -2.22. The van der Waals surface area contributed by atoms with Crippen LogP contribution in [0.2, 0.25) is 0 Å². The van der Waals surface area contributed by atoms with Gasteiger partial charge in [0.05, 0.1) is 16.3 Å². The molecule has 1 N–H and O–H groups in total. The number of aromatic nitrogens is 1. The molecule has 0 atom stereocenters. The van der Waals surface area contributed by atoms with Gasteiger partial charge in [-0.15, -0.1) is 11.3 Å². The molecule has 3 heterocycles. The third-order valence-electron chi connectivity index (χ3n) is 5.36. The van der Waals surface area contributed by atoms with Gasteiger partial charge in [-0.25, -0.2) is 0 Å². The van der Waals surface area contributed by atoms with Gasteiger partial charge in [-0.05, 0) is 68.5 Å². The van der Waals surface area contributed by atoms with Crippen LogP contribution in [0.1, 0.15) is 28.0 Å². The van der Waals surface area contributed by atoms with Crippen LogP contribution in [0.3, 0.4) is 0 Å². The lowest BCUT2D eigenvalue weighted by molar-refractivity contribution is 0.102. The van der Waals surface area contributed by atoms with Gasteiger partial charge in [-0.2, -0.15) is 0 Å². The van der Waals surface area contributed by atoms with E-state index in [9.17, 15) is 4.79 Å². The van der Waals surface area contributed by atoms with Crippen LogP contribution in [-0.4, -0.2) is 54.9 Å². The molecule has 0 aliphatic carbocycles. The maximum absolute atomic E-state index is 12.6. The summed E-state index contributed by atoms with van der Waals surface area (Å²) in [5.41, 5.74) is 5.39.